The maximum Gasteiger partial charge on any atom is 0.222 e. The van der Waals surface area contributed by atoms with Gasteiger partial charge in [-0.25, -0.2) is 9.97 Å². The Labute approximate surface area is 97.3 Å². The number of aliphatic hydroxyl groups excluding tert-OH is 1. The van der Waals surface area contributed by atoms with Gasteiger partial charge in [0.1, 0.15) is 0 Å². The van der Waals surface area contributed by atoms with Gasteiger partial charge in [-0.2, -0.15) is 0 Å². The Hall–Kier alpha value is -0.430. The monoisotopic (exact) mass is 307 g/mol. The van der Waals surface area contributed by atoms with E-state index in [4.69, 9.17) is 0 Å². The number of rotatable bonds is 4. The maximum atomic E-state index is 9.41. The van der Waals surface area contributed by atoms with Crippen molar-refractivity contribution in [3.8, 4) is 0 Å². The minimum atomic E-state index is -0.400. The summed E-state index contributed by atoms with van der Waals surface area (Å²) in [6.07, 6.45) is 3.92. The summed E-state index contributed by atoms with van der Waals surface area (Å²) < 4.78 is 0.998. The van der Waals surface area contributed by atoms with Crippen molar-refractivity contribution in [3.63, 3.8) is 0 Å². The van der Waals surface area contributed by atoms with Crippen molar-refractivity contribution in [2.75, 3.05) is 5.32 Å². The van der Waals surface area contributed by atoms with Crippen LogP contribution in [0.5, 0.6) is 0 Å². The van der Waals surface area contributed by atoms with E-state index in [9.17, 15) is 5.11 Å². The van der Waals surface area contributed by atoms with Gasteiger partial charge < -0.3 is 10.4 Å². The van der Waals surface area contributed by atoms with Gasteiger partial charge >= 0.3 is 0 Å². The summed E-state index contributed by atoms with van der Waals surface area (Å²) in [5.74, 6) is 0.568. The smallest absolute Gasteiger partial charge is 0.222 e. The molecule has 0 saturated carbocycles. The first-order valence-corrected chi connectivity index (χ1v) is 5.63. The molecule has 0 amide bonds. The van der Waals surface area contributed by atoms with Crippen molar-refractivity contribution in [1.29, 1.82) is 0 Å². The highest BCUT2D eigenvalue weighted by Gasteiger charge is 2.12. The van der Waals surface area contributed by atoms with Gasteiger partial charge in [-0.1, -0.05) is 6.92 Å². The lowest BCUT2D eigenvalue weighted by Gasteiger charge is -2.19. The van der Waals surface area contributed by atoms with Crippen LogP contribution in [-0.2, 0) is 0 Å². The van der Waals surface area contributed by atoms with E-state index < -0.39 is 6.10 Å². The number of hydrogen-bond donors (Lipinski definition) is 2. The predicted octanol–water partition coefficient (Wildman–Crippen LogP) is 1.65. The minimum absolute atomic E-state index is 0.00932. The van der Waals surface area contributed by atoms with Crippen molar-refractivity contribution in [3.05, 3.63) is 16.0 Å². The lowest BCUT2D eigenvalue weighted by Crippen LogP contribution is -2.31. The molecule has 0 fully saturated rings. The van der Waals surface area contributed by atoms with Crippen LogP contribution in [0.25, 0.3) is 0 Å². The van der Waals surface area contributed by atoms with Crippen molar-refractivity contribution in [2.45, 2.75) is 32.4 Å². The molecular weight excluding hydrogens is 293 g/mol. The normalized spacial score (nSPS) is 14.9. The van der Waals surface area contributed by atoms with Gasteiger partial charge in [0.05, 0.1) is 12.1 Å². The van der Waals surface area contributed by atoms with Crippen LogP contribution in [-0.4, -0.2) is 27.2 Å². The summed E-state index contributed by atoms with van der Waals surface area (Å²) in [4.78, 5) is 8.22. The average molecular weight is 307 g/mol. The summed E-state index contributed by atoms with van der Waals surface area (Å²) >= 11 is 2.15. The van der Waals surface area contributed by atoms with Gasteiger partial charge in [0, 0.05) is 16.0 Å². The average Bonchev–Trinajstić information content (AvgIpc) is 2.16. The van der Waals surface area contributed by atoms with Crippen LogP contribution in [0.4, 0.5) is 5.95 Å². The highest BCUT2D eigenvalue weighted by Crippen LogP contribution is 2.07. The Morgan fingerprint density at radius 3 is 2.50 bits per heavy atom. The molecule has 1 heterocycles. The molecule has 2 N–H and O–H groups in total. The zero-order chi connectivity index (χ0) is 10.6. The van der Waals surface area contributed by atoms with Gasteiger partial charge in [0.25, 0.3) is 0 Å². The molecule has 14 heavy (non-hydrogen) atoms. The van der Waals surface area contributed by atoms with E-state index in [0.717, 1.165) is 9.99 Å². The minimum Gasteiger partial charge on any atom is -0.391 e. The molecule has 0 aromatic carbocycles. The van der Waals surface area contributed by atoms with Crippen LogP contribution in [0, 0.1) is 3.57 Å². The van der Waals surface area contributed by atoms with Crippen LogP contribution < -0.4 is 5.32 Å². The number of nitrogens with one attached hydrogen (secondary N) is 1. The number of halogens is 1. The molecule has 0 aliphatic heterocycles. The van der Waals surface area contributed by atoms with E-state index in [0.29, 0.717) is 5.95 Å². The fourth-order valence-corrected chi connectivity index (χ4v) is 1.39. The van der Waals surface area contributed by atoms with E-state index in [1.807, 2.05) is 6.92 Å². The second kappa shape index (κ2) is 5.45. The lowest BCUT2D eigenvalue weighted by atomic mass is 10.1. The summed E-state index contributed by atoms with van der Waals surface area (Å²) in [5.41, 5.74) is 0. The molecule has 1 rings (SSSR count). The van der Waals surface area contributed by atoms with Gasteiger partial charge in [0.2, 0.25) is 5.95 Å². The van der Waals surface area contributed by atoms with Crippen molar-refractivity contribution in [2.24, 2.45) is 0 Å². The lowest BCUT2D eigenvalue weighted by molar-refractivity contribution is 0.169. The van der Waals surface area contributed by atoms with Gasteiger partial charge in [-0.15, -0.1) is 0 Å². The standard InChI is InChI=1S/C9H14IN3O/c1-3-8(6(2)14)13-9-11-4-7(10)5-12-9/h4-6,8,14H,3H2,1-2H3,(H,11,12,13). The summed E-state index contributed by atoms with van der Waals surface area (Å²) in [7, 11) is 0. The second-order valence-electron chi connectivity index (χ2n) is 3.12. The molecule has 1 aromatic heterocycles. The van der Waals surface area contributed by atoms with E-state index in [1.54, 1.807) is 19.3 Å². The molecule has 0 spiro atoms. The molecule has 0 aliphatic carbocycles. The largest absolute Gasteiger partial charge is 0.391 e. The third-order valence-electron chi connectivity index (χ3n) is 1.96. The van der Waals surface area contributed by atoms with Gasteiger partial charge in [-0.05, 0) is 35.9 Å². The zero-order valence-corrected chi connectivity index (χ0v) is 10.4. The second-order valence-corrected chi connectivity index (χ2v) is 4.37. The maximum absolute atomic E-state index is 9.41. The molecule has 5 heteroatoms. The van der Waals surface area contributed by atoms with Crippen LogP contribution in [0.15, 0.2) is 12.4 Å². The first-order valence-electron chi connectivity index (χ1n) is 4.55. The fourth-order valence-electron chi connectivity index (χ4n) is 1.12. The van der Waals surface area contributed by atoms with E-state index >= 15 is 0 Å². The first-order chi connectivity index (χ1) is 6.63. The van der Waals surface area contributed by atoms with Gasteiger partial charge in [-0.3, -0.25) is 0 Å². The quantitative estimate of drug-likeness (QED) is 0.831. The molecule has 2 atom stereocenters. The molecule has 0 saturated heterocycles. The number of nitrogens with zero attached hydrogens (tertiary/aromatic N) is 2. The highest BCUT2D eigenvalue weighted by atomic mass is 127. The predicted molar refractivity (Wildman–Crippen MR) is 64.1 cm³/mol. The summed E-state index contributed by atoms with van der Waals surface area (Å²) in [6.45, 7) is 3.77. The van der Waals surface area contributed by atoms with Crippen LogP contribution in [0.1, 0.15) is 20.3 Å². The highest BCUT2D eigenvalue weighted by molar-refractivity contribution is 14.1. The molecule has 2 unspecified atom stereocenters. The van der Waals surface area contributed by atoms with Crippen molar-refractivity contribution >= 4 is 28.5 Å². The topological polar surface area (TPSA) is 58.0 Å². The molecule has 0 radical (unpaired) electrons. The fraction of sp³-hybridized carbons (Fsp3) is 0.556. The van der Waals surface area contributed by atoms with Crippen LogP contribution in [0.3, 0.4) is 0 Å². The van der Waals surface area contributed by atoms with E-state index in [2.05, 4.69) is 37.9 Å². The Morgan fingerprint density at radius 1 is 1.50 bits per heavy atom. The molecule has 78 valence electrons. The molecule has 4 nitrogen and oxygen atoms in total. The zero-order valence-electron chi connectivity index (χ0n) is 8.24. The summed E-state index contributed by atoms with van der Waals surface area (Å²) in [5, 5.41) is 12.5. The Kier molecular flexibility index (Phi) is 4.53. The third-order valence-corrected chi connectivity index (χ3v) is 2.51. The summed E-state index contributed by atoms with van der Waals surface area (Å²) in [6, 6.07) is 0.00932. The van der Waals surface area contributed by atoms with Crippen molar-refractivity contribution < 1.29 is 5.11 Å². The van der Waals surface area contributed by atoms with Crippen molar-refractivity contribution in [1.82, 2.24) is 9.97 Å². The molecule has 0 bridgehead atoms. The van der Waals surface area contributed by atoms with Gasteiger partial charge in [0.15, 0.2) is 0 Å². The number of aromatic nitrogens is 2. The molecular formula is C9H14IN3O. The van der Waals surface area contributed by atoms with Crippen LogP contribution >= 0.6 is 22.6 Å². The van der Waals surface area contributed by atoms with E-state index in [-0.39, 0.29) is 6.04 Å². The van der Waals surface area contributed by atoms with Crippen LogP contribution in [0.2, 0.25) is 0 Å². The molecule has 0 aliphatic rings. The number of anilines is 1. The number of aliphatic hydroxyl groups is 1. The van der Waals surface area contributed by atoms with E-state index in [1.165, 1.54) is 0 Å². The molecule has 1 aromatic rings. The Balaban J connectivity index is 2.63. The first kappa shape index (κ1) is 11.6. The Bertz CT molecular complexity index is 276. The SMILES string of the molecule is CCC(Nc1ncc(I)cn1)C(C)O. The Morgan fingerprint density at radius 2 is 2.07 bits per heavy atom. The third kappa shape index (κ3) is 3.38. The number of hydrogen-bond acceptors (Lipinski definition) is 4.